The molecule has 0 aliphatic heterocycles. The Morgan fingerprint density at radius 3 is 2.63 bits per heavy atom. The van der Waals surface area contributed by atoms with Crippen LogP contribution in [0.3, 0.4) is 0 Å². The highest BCUT2D eigenvalue weighted by molar-refractivity contribution is 5.57. The summed E-state index contributed by atoms with van der Waals surface area (Å²) >= 11 is 0. The fourth-order valence-electron chi connectivity index (χ4n) is 2.95. The van der Waals surface area contributed by atoms with Crippen LogP contribution in [0.15, 0.2) is 55.0 Å². The van der Waals surface area contributed by atoms with Crippen molar-refractivity contribution in [2.24, 2.45) is 0 Å². The lowest BCUT2D eigenvalue weighted by atomic mass is 9.86. The quantitative estimate of drug-likeness (QED) is 0.717. The number of aliphatic hydroxyl groups excluding tert-OH is 1. The van der Waals surface area contributed by atoms with Crippen molar-refractivity contribution in [1.82, 2.24) is 14.8 Å². The Hall–Kier alpha value is -2.66. The molecule has 3 aromatic rings. The molecular formula is C22H27N3O2. The summed E-state index contributed by atoms with van der Waals surface area (Å²) in [6.45, 7) is 9.17. The first-order valence-corrected chi connectivity index (χ1v) is 9.19. The van der Waals surface area contributed by atoms with Gasteiger partial charge in [-0.15, -0.1) is 0 Å². The molecule has 0 amide bonds. The smallest absolute Gasteiger partial charge is 0.122 e. The van der Waals surface area contributed by atoms with Crippen LogP contribution in [-0.2, 0) is 12.0 Å². The zero-order chi connectivity index (χ0) is 19.4. The van der Waals surface area contributed by atoms with Gasteiger partial charge in [0, 0.05) is 24.2 Å². The largest absolute Gasteiger partial charge is 0.491 e. The minimum absolute atomic E-state index is 0.103. The zero-order valence-corrected chi connectivity index (χ0v) is 16.4. The predicted octanol–water partition coefficient (Wildman–Crippen LogP) is 3.99. The van der Waals surface area contributed by atoms with E-state index in [1.54, 1.807) is 23.3 Å². The summed E-state index contributed by atoms with van der Waals surface area (Å²) in [5, 5.41) is 14.7. The van der Waals surface area contributed by atoms with Crippen molar-refractivity contribution < 1.29 is 9.84 Å². The van der Waals surface area contributed by atoms with Crippen LogP contribution in [0.4, 0.5) is 0 Å². The van der Waals surface area contributed by atoms with Crippen molar-refractivity contribution >= 4 is 0 Å². The second kappa shape index (κ2) is 7.92. The first-order chi connectivity index (χ1) is 12.8. The molecule has 2 heterocycles. The number of hydrogen-bond acceptors (Lipinski definition) is 4. The molecule has 27 heavy (non-hydrogen) atoms. The van der Waals surface area contributed by atoms with Crippen molar-refractivity contribution in [3.63, 3.8) is 0 Å². The molecule has 0 saturated heterocycles. The van der Waals surface area contributed by atoms with Crippen molar-refractivity contribution in [3.05, 3.63) is 66.1 Å². The summed E-state index contributed by atoms with van der Waals surface area (Å²) in [6, 6.07) is 12.0. The lowest BCUT2D eigenvalue weighted by Crippen LogP contribution is -2.24. The third-order valence-corrected chi connectivity index (χ3v) is 4.53. The Balaban J connectivity index is 1.63. The van der Waals surface area contributed by atoms with E-state index in [2.05, 4.69) is 43.0 Å². The third-order valence-electron chi connectivity index (χ3n) is 4.53. The molecule has 5 heteroatoms. The Kier molecular flexibility index (Phi) is 5.61. The monoisotopic (exact) mass is 365 g/mol. The second-order valence-electron chi connectivity index (χ2n) is 7.84. The van der Waals surface area contributed by atoms with E-state index in [-0.39, 0.29) is 12.0 Å². The normalized spacial score (nSPS) is 12.8. The van der Waals surface area contributed by atoms with Crippen LogP contribution in [-0.4, -0.2) is 32.6 Å². The van der Waals surface area contributed by atoms with Crippen LogP contribution in [0.1, 0.15) is 31.9 Å². The van der Waals surface area contributed by atoms with Crippen molar-refractivity contribution in [2.75, 3.05) is 6.61 Å². The van der Waals surface area contributed by atoms with Gasteiger partial charge in [0.25, 0.3) is 0 Å². The fourth-order valence-corrected chi connectivity index (χ4v) is 2.95. The molecule has 3 rings (SSSR count). The highest BCUT2D eigenvalue weighted by Crippen LogP contribution is 2.27. The topological polar surface area (TPSA) is 60.2 Å². The number of rotatable bonds is 6. The van der Waals surface area contributed by atoms with Crippen molar-refractivity contribution in [1.29, 1.82) is 0 Å². The van der Waals surface area contributed by atoms with Gasteiger partial charge in [-0.2, -0.15) is 5.10 Å². The molecule has 0 spiro atoms. The molecule has 1 N–H and O–H groups in total. The highest BCUT2D eigenvalue weighted by Gasteiger charge is 2.16. The molecule has 0 aliphatic rings. The van der Waals surface area contributed by atoms with E-state index < -0.39 is 6.10 Å². The minimum atomic E-state index is -0.665. The van der Waals surface area contributed by atoms with E-state index >= 15 is 0 Å². The number of benzene rings is 1. The molecule has 2 aromatic heterocycles. The van der Waals surface area contributed by atoms with Gasteiger partial charge in [0.05, 0.1) is 12.2 Å². The molecule has 0 fully saturated rings. The van der Waals surface area contributed by atoms with Gasteiger partial charge < -0.3 is 9.84 Å². The zero-order valence-electron chi connectivity index (χ0n) is 16.4. The molecule has 0 bridgehead atoms. The number of aryl methyl sites for hydroxylation is 1. The van der Waals surface area contributed by atoms with Gasteiger partial charge in [-0.25, -0.2) is 0 Å². The first-order valence-electron chi connectivity index (χ1n) is 9.19. The first kappa shape index (κ1) is 19.1. The summed E-state index contributed by atoms with van der Waals surface area (Å²) in [4.78, 5) is 4.14. The molecule has 1 unspecified atom stereocenters. The standard InChI is InChI=1S/C22H27N3O2/c1-16-12-18(22(2,3)4)7-8-21(16)27-15-19(26)14-25-20(9-11-24-25)17-6-5-10-23-13-17/h5-13,19,26H,14-15H2,1-4H3. The Morgan fingerprint density at radius 2 is 1.96 bits per heavy atom. The van der Waals surface area contributed by atoms with E-state index in [4.69, 9.17) is 4.74 Å². The summed E-state index contributed by atoms with van der Waals surface area (Å²) in [7, 11) is 0. The number of pyridine rings is 1. The Bertz CT molecular complexity index is 882. The van der Waals surface area contributed by atoms with Crippen LogP contribution in [0.5, 0.6) is 5.75 Å². The summed E-state index contributed by atoms with van der Waals surface area (Å²) in [5.41, 5.74) is 4.34. The predicted molar refractivity (Wildman–Crippen MR) is 107 cm³/mol. The number of nitrogens with zero attached hydrogens (tertiary/aromatic N) is 3. The lowest BCUT2D eigenvalue weighted by Gasteiger charge is -2.21. The molecule has 0 radical (unpaired) electrons. The highest BCUT2D eigenvalue weighted by atomic mass is 16.5. The van der Waals surface area contributed by atoms with E-state index in [9.17, 15) is 5.11 Å². The number of aliphatic hydroxyl groups is 1. The average Bonchev–Trinajstić information content (AvgIpc) is 3.08. The maximum atomic E-state index is 10.4. The molecule has 1 aromatic carbocycles. The van der Waals surface area contributed by atoms with Crippen molar-refractivity contribution in [2.45, 2.75) is 45.8 Å². The van der Waals surface area contributed by atoms with Crippen LogP contribution in [0.2, 0.25) is 0 Å². The van der Waals surface area contributed by atoms with Gasteiger partial charge in [-0.1, -0.05) is 32.9 Å². The average molecular weight is 365 g/mol. The SMILES string of the molecule is Cc1cc(C(C)(C)C)ccc1OCC(O)Cn1nccc1-c1cccnc1. The molecule has 0 aliphatic carbocycles. The van der Waals surface area contributed by atoms with Crippen LogP contribution < -0.4 is 4.74 Å². The molecule has 5 nitrogen and oxygen atoms in total. The summed E-state index contributed by atoms with van der Waals surface area (Å²) in [6.07, 6.45) is 4.59. The van der Waals surface area contributed by atoms with Crippen LogP contribution in [0, 0.1) is 6.92 Å². The Labute approximate surface area is 160 Å². The van der Waals surface area contributed by atoms with E-state index in [1.807, 2.05) is 31.2 Å². The molecule has 0 saturated carbocycles. The van der Waals surface area contributed by atoms with Crippen LogP contribution >= 0.6 is 0 Å². The summed E-state index contributed by atoms with van der Waals surface area (Å²) < 4.78 is 7.64. The third kappa shape index (κ3) is 4.74. The number of aromatic nitrogens is 3. The van der Waals surface area contributed by atoms with E-state index in [0.29, 0.717) is 6.54 Å². The Morgan fingerprint density at radius 1 is 1.15 bits per heavy atom. The van der Waals surface area contributed by atoms with Gasteiger partial charge in [-0.05, 0) is 47.7 Å². The van der Waals surface area contributed by atoms with E-state index in [0.717, 1.165) is 22.6 Å². The maximum absolute atomic E-state index is 10.4. The van der Waals surface area contributed by atoms with Crippen molar-refractivity contribution in [3.8, 4) is 17.0 Å². The van der Waals surface area contributed by atoms with Gasteiger partial charge in [0.2, 0.25) is 0 Å². The molecule has 1 atom stereocenters. The second-order valence-corrected chi connectivity index (χ2v) is 7.84. The lowest BCUT2D eigenvalue weighted by molar-refractivity contribution is 0.0894. The molecular weight excluding hydrogens is 338 g/mol. The minimum Gasteiger partial charge on any atom is -0.491 e. The van der Waals surface area contributed by atoms with Gasteiger partial charge in [-0.3, -0.25) is 9.67 Å². The van der Waals surface area contributed by atoms with E-state index in [1.165, 1.54) is 5.56 Å². The van der Waals surface area contributed by atoms with Gasteiger partial charge >= 0.3 is 0 Å². The maximum Gasteiger partial charge on any atom is 0.122 e. The summed E-state index contributed by atoms with van der Waals surface area (Å²) in [5.74, 6) is 0.801. The van der Waals surface area contributed by atoms with Crippen LogP contribution in [0.25, 0.3) is 11.3 Å². The number of hydrogen-bond donors (Lipinski definition) is 1. The fraction of sp³-hybridized carbons (Fsp3) is 0.364. The molecule has 142 valence electrons. The van der Waals surface area contributed by atoms with Gasteiger partial charge in [0.1, 0.15) is 18.5 Å². The number of ether oxygens (including phenoxy) is 1. The van der Waals surface area contributed by atoms with Gasteiger partial charge in [0.15, 0.2) is 0 Å².